The molecule has 1 aliphatic heterocycles. The summed E-state index contributed by atoms with van der Waals surface area (Å²) < 4.78 is 0. The molecule has 10 heteroatoms. The van der Waals surface area contributed by atoms with Gasteiger partial charge in [0.2, 0.25) is 0 Å². The Balaban J connectivity index is 0.000000250. The zero-order valence-corrected chi connectivity index (χ0v) is 18.1. The average Bonchev–Trinajstić information content (AvgIpc) is 3.23. The number of hydrogen-bond donors (Lipinski definition) is 7. The quantitative estimate of drug-likeness (QED) is 0.296. The Morgan fingerprint density at radius 3 is 1.45 bits per heavy atom. The van der Waals surface area contributed by atoms with Gasteiger partial charge in [-0.25, -0.2) is 0 Å². The Kier molecular flexibility index (Phi) is 12.3. The Hall–Kier alpha value is -3.31. The van der Waals surface area contributed by atoms with Gasteiger partial charge in [0.1, 0.15) is 18.1 Å². The molecule has 180 valence electrons. The molecule has 0 aromatic heterocycles. The molecule has 2 unspecified atom stereocenters. The van der Waals surface area contributed by atoms with Gasteiger partial charge in [0, 0.05) is 13.0 Å². The van der Waals surface area contributed by atoms with Crippen molar-refractivity contribution in [1.29, 1.82) is 0 Å². The van der Waals surface area contributed by atoms with Gasteiger partial charge in [0.05, 0.1) is 6.10 Å². The van der Waals surface area contributed by atoms with Crippen LogP contribution >= 0.6 is 0 Å². The van der Waals surface area contributed by atoms with Gasteiger partial charge in [-0.3, -0.25) is 14.4 Å². The molecule has 33 heavy (non-hydrogen) atoms. The van der Waals surface area contributed by atoms with E-state index in [0.717, 1.165) is 11.1 Å². The first-order valence-corrected chi connectivity index (χ1v) is 10.3. The molecule has 0 bridgehead atoms. The minimum atomic E-state index is -0.959. The lowest BCUT2D eigenvalue weighted by molar-refractivity contribution is -0.139. The highest BCUT2D eigenvalue weighted by Gasteiger charge is 2.27. The van der Waals surface area contributed by atoms with Crippen molar-refractivity contribution in [2.45, 2.75) is 43.5 Å². The lowest BCUT2D eigenvalue weighted by atomic mass is 10.1. The number of aliphatic hydroxyl groups excluding tert-OH is 1. The van der Waals surface area contributed by atoms with E-state index in [2.05, 4.69) is 5.32 Å². The topological polar surface area (TPSA) is 196 Å². The molecule has 1 saturated heterocycles. The molecule has 0 radical (unpaired) electrons. The second-order valence-electron chi connectivity index (χ2n) is 7.46. The number of carboxylic acids is 3. The predicted octanol–water partition coefficient (Wildman–Crippen LogP) is 0.0758. The van der Waals surface area contributed by atoms with Crippen LogP contribution in [0.2, 0.25) is 0 Å². The van der Waals surface area contributed by atoms with Crippen LogP contribution in [-0.2, 0) is 27.2 Å². The van der Waals surface area contributed by atoms with E-state index in [1.165, 1.54) is 0 Å². The van der Waals surface area contributed by atoms with Gasteiger partial charge in [-0.2, -0.15) is 0 Å². The summed E-state index contributed by atoms with van der Waals surface area (Å²) in [6, 6.07) is 16.5. The summed E-state index contributed by atoms with van der Waals surface area (Å²) in [7, 11) is 0. The third-order valence-corrected chi connectivity index (χ3v) is 4.64. The number of aliphatic hydroxyl groups is 1. The van der Waals surface area contributed by atoms with Gasteiger partial charge in [-0.05, 0) is 24.0 Å². The first-order valence-electron chi connectivity index (χ1n) is 10.3. The number of benzene rings is 2. The summed E-state index contributed by atoms with van der Waals surface area (Å²) in [6.45, 7) is 0.400. The van der Waals surface area contributed by atoms with Gasteiger partial charge in [0.25, 0.3) is 0 Å². The molecular weight excluding hydrogens is 430 g/mol. The smallest absolute Gasteiger partial charge is 0.320 e. The minimum Gasteiger partial charge on any atom is -0.480 e. The highest BCUT2D eigenvalue weighted by Crippen LogP contribution is 2.05. The molecule has 3 rings (SSSR count). The van der Waals surface area contributed by atoms with Gasteiger partial charge in [-0.15, -0.1) is 0 Å². The molecule has 0 saturated carbocycles. The normalized spacial score (nSPS) is 18.5. The van der Waals surface area contributed by atoms with Crippen LogP contribution < -0.4 is 16.8 Å². The highest BCUT2D eigenvalue weighted by atomic mass is 16.4. The molecule has 2 aromatic rings. The summed E-state index contributed by atoms with van der Waals surface area (Å²) in [5.41, 5.74) is 12.6. The average molecular weight is 462 g/mol. The van der Waals surface area contributed by atoms with E-state index in [4.69, 9.17) is 31.9 Å². The molecule has 0 aliphatic carbocycles. The standard InChI is InChI=1S/2C9H11NO2.C5H9NO3/c2*10-8(9(11)12)6-7-4-2-1-3-5-7;7-3-1-4(5(8)9)6-2-3/h2*1-5,8H,6,10H2,(H,11,12);3-4,6-7H,1-2H2,(H,8,9)/t;;3-,4+/m..1/s1. The van der Waals surface area contributed by atoms with Crippen LogP contribution in [0.15, 0.2) is 60.7 Å². The van der Waals surface area contributed by atoms with Crippen LogP contribution in [0.25, 0.3) is 0 Å². The second-order valence-corrected chi connectivity index (χ2v) is 7.46. The van der Waals surface area contributed by atoms with Crippen molar-refractivity contribution in [2.24, 2.45) is 11.5 Å². The number of carboxylic acid groups (broad SMARTS) is 3. The molecule has 1 aliphatic rings. The Morgan fingerprint density at radius 1 is 0.818 bits per heavy atom. The van der Waals surface area contributed by atoms with E-state index in [1.54, 1.807) is 0 Å². The number of hydrogen-bond acceptors (Lipinski definition) is 7. The summed E-state index contributed by atoms with van der Waals surface area (Å²) in [5, 5.41) is 36.9. The van der Waals surface area contributed by atoms with E-state index >= 15 is 0 Å². The number of rotatable bonds is 7. The number of nitrogens with one attached hydrogen (secondary N) is 1. The number of carbonyl (C=O) groups is 3. The SMILES string of the molecule is NC(Cc1ccccc1)C(=O)O.NC(Cc1ccccc1)C(=O)O.O=C(O)[C@@H]1C[C@@H](O)CN1. The lowest BCUT2D eigenvalue weighted by Crippen LogP contribution is -2.32. The summed E-state index contributed by atoms with van der Waals surface area (Å²) >= 11 is 0. The highest BCUT2D eigenvalue weighted by molar-refractivity contribution is 5.74. The molecule has 0 amide bonds. The van der Waals surface area contributed by atoms with Crippen molar-refractivity contribution < 1.29 is 34.8 Å². The number of aliphatic carboxylic acids is 3. The maximum Gasteiger partial charge on any atom is 0.320 e. The molecule has 9 N–H and O–H groups in total. The van der Waals surface area contributed by atoms with Crippen LogP contribution in [0.4, 0.5) is 0 Å². The van der Waals surface area contributed by atoms with Gasteiger partial charge >= 0.3 is 17.9 Å². The van der Waals surface area contributed by atoms with E-state index < -0.39 is 42.1 Å². The van der Waals surface area contributed by atoms with Crippen molar-refractivity contribution in [3.05, 3.63) is 71.8 Å². The predicted molar refractivity (Wildman–Crippen MR) is 122 cm³/mol. The maximum absolute atomic E-state index is 10.4. The largest absolute Gasteiger partial charge is 0.480 e. The van der Waals surface area contributed by atoms with Gasteiger partial charge in [0.15, 0.2) is 0 Å². The van der Waals surface area contributed by atoms with Crippen LogP contribution in [0.5, 0.6) is 0 Å². The number of nitrogens with two attached hydrogens (primary N) is 2. The molecule has 2 aromatic carbocycles. The van der Waals surface area contributed by atoms with Crippen LogP contribution in [-0.4, -0.2) is 69.1 Å². The van der Waals surface area contributed by atoms with E-state index in [9.17, 15) is 14.4 Å². The Morgan fingerprint density at radius 2 is 1.21 bits per heavy atom. The molecular formula is C23H31N3O7. The summed E-state index contributed by atoms with van der Waals surface area (Å²) in [5.74, 6) is -2.80. The fourth-order valence-electron chi connectivity index (χ4n) is 2.82. The zero-order chi connectivity index (χ0) is 24.8. The third-order valence-electron chi connectivity index (χ3n) is 4.64. The van der Waals surface area contributed by atoms with E-state index in [1.807, 2.05) is 60.7 Å². The summed E-state index contributed by atoms with van der Waals surface area (Å²) in [4.78, 5) is 30.9. The van der Waals surface area contributed by atoms with Crippen molar-refractivity contribution in [2.75, 3.05) is 6.54 Å². The third kappa shape index (κ3) is 11.8. The Bertz CT molecular complexity index is 807. The molecule has 1 heterocycles. The Labute approximate surface area is 191 Å². The van der Waals surface area contributed by atoms with Crippen LogP contribution in [0.1, 0.15) is 17.5 Å². The molecule has 1 fully saturated rings. The summed E-state index contributed by atoms with van der Waals surface area (Å²) in [6.07, 6.45) is 0.618. The fraction of sp³-hybridized carbons (Fsp3) is 0.348. The zero-order valence-electron chi connectivity index (χ0n) is 18.1. The monoisotopic (exact) mass is 461 g/mol. The molecule has 10 nitrogen and oxygen atoms in total. The van der Waals surface area contributed by atoms with E-state index in [0.29, 0.717) is 25.8 Å². The van der Waals surface area contributed by atoms with Gasteiger partial charge in [-0.1, -0.05) is 60.7 Å². The molecule has 0 spiro atoms. The van der Waals surface area contributed by atoms with Crippen molar-refractivity contribution >= 4 is 17.9 Å². The lowest BCUT2D eigenvalue weighted by Gasteiger charge is -2.04. The first kappa shape index (κ1) is 27.7. The van der Waals surface area contributed by atoms with Gasteiger partial charge < -0.3 is 37.2 Å². The van der Waals surface area contributed by atoms with Crippen LogP contribution in [0, 0.1) is 0 Å². The minimum absolute atomic E-state index is 0.329. The van der Waals surface area contributed by atoms with Crippen molar-refractivity contribution in [3.8, 4) is 0 Å². The number of β-amino-alcohol motifs (C(OH)–C–C–N with tert-alkyl or cyclic N) is 1. The van der Waals surface area contributed by atoms with Crippen molar-refractivity contribution in [3.63, 3.8) is 0 Å². The second kappa shape index (κ2) is 14.7. The molecule has 4 atom stereocenters. The van der Waals surface area contributed by atoms with E-state index in [-0.39, 0.29) is 0 Å². The van der Waals surface area contributed by atoms with Crippen molar-refractivity contribution in [1.82, 2.24) is 5.32 Å². The maximum atomic E-state index is 10.4. The van der Waals surface area contributed by atoms with Crippen LogP contribution in [0.3, 0.4) is 0 Å². The first-order chi connectivity index (χ1) is 15.6. The fourth-order valence-corrected chi connectivity index (χ4v) is 2.82.